The van der Waals surface area contributed by atoms with Gasteiger partial charge in [-0.25, -0.2) is 4.98 Å². The predicted molar refractivity (Wildman–Crippen MR) is 83.3 cm³/mol. The van der Waals surface area contributed by atoms with E-state index in [1.165, 1.54) is 6.07 Å². The van der Waals surface area contributed by atoms with Crippen LogP contribution in [0.4, 0.5) is 19.0 Å². The van der Waals surface area contributed by atoms with Gasteiger partial charge in [-0.05, 0) is 36.2 Å². The van der Waals surface area contributed by atoms with E-state index in [9.17, 15) is 13.2 Å². The van der Waals surface area contributed by atoms with Gasteiger partial charge < -0.3 is 10.1 Å². The van der Waals surface area contributed by atoms with Gasteiger partial charge in [0.25, 0.3) is 0 Å². The highest BCUT2D eigenvalue weighted by molar-refractivity contribution is 5.38. The molecule has 0 spiro atoms. The summed E-state index contributed by atoms with van der Waals surface area (Å²) in [5.74, 6) is 0.917. The van der Waals surface area contributed by atoms with Crippen LogP contribution in [0.5, 0.6) is 5.75 Å². The number of hydrogen-bond donors (Lipinski definition) is 1. The molecule has 126 valence electrons. The molecule has 0 bridgehead atoms. The van der Waals surface area contributed by atoms with E-state index in [1.807, 2.05) is 13.0 Å². The second kappa shape index (κ2) is 7.68. The molecule has 4 nitrogen and oxygen atoms in total. The van der Waals surface area contributed by atoms with Crippen LogP contribution in [0, 0.1) is 11.3 Å². The lowest BCUT2D eigenvalue weighted by molar-refractivity contribution is -0.137. The maximum atomic E-state index is 12.5. The second-order valence-corrected chi connectivity index (χ2v) is 5.07. The van der Waals surface area contributed by atoms with Gasteiger partial charge in [-0.2, -0.15) is 18.4 Å². The van der Waals surface area contributed by atoms with Crippen molar-refractivity contribution in [3.05, 3.63) is 53.7 Å². The van der Waals surface area contributed by atoms with E-state index >= 15 is 0 Å². The van der Waals surface area contributed by atoms with Gasteiger partial charge in [0.05, 0.1) is 5.56 Å². The number of nitriles is 1. The minimum absolute atomic E-state index is 0.345. The molecule has 0 saturated carbocycles. The molecule has 2 rings (SSSR count). The molecule has 1 aromatic heterocycles. The SMILES string of the molecule is CCC(C#N)Oc1cccc(CNc2ccc(C(F)(F)F)cn2)c1. The highest BCUT2D eigenvalue weighted by Crippen LogP contribution is 2.28. The zero-order valence-corrected chi connectivity index (χ0v) is 13.0. The number of benzene rings is 1. The first-order chi connectivity index (χ1) is 11.4. The maximum absolute atomic E-state index is 12.5. The molecule has 0 aliphatic rings. The predicted octanol–water partition coefficient (Wildman–Crippen LogP) is 4.39. The third-order valence-corrected chi connectivity index (χ3v) is 3.26. The summed E-state index contributed by atoms with van der Waals surface area (Å²) in [4.78, 5) is 3.75. The molecular formula is C17H16F3N3O. The van der Waals surface area contributed by atoms with Crippen molar-refractivity contribution in [2.75, 3.05) is 5.32 Å². The lowest BCUT2D eigenvalue weighted by Gasteiger charge is -2.12. The molecule has 24 heavy (non-hydrogen) atoms. The molecule has 1 unspecified atom stereocenters. The first-order valence-corrected chi connectivity index (χ1v) is 7.34. The number of aromatic nitrogens is 1. The highest BCUT2D eigenvalue weighted by Gasteiger charge is 2.30. The number of anilines is 1. The molecule has 0 amide bonds. The van der Waals surface area contributed by atoms with E-state index in [2.05, 4.69) is 16.4 Å². The minimum atomic E-state index is -4.40. The van der Waals surface area contributed by atoms with Crippen molar-refractivity contribution in [3.8, 4) is 11.8 Å². The van der Waals surface area contributed by atoms with Crippen LogP contribution in [0.2, 0.25) is 0 Å². The van der Waals surface area contributed by atoms with Crippen molar-refractivity contribution in [3.63, 3.8) is 0 Å². The molecule has 7 heteroatoms. The Morgan fingerprint density at radius 2 is 2.08 bits per heavy atom. The van der Waals surface area contributed by atoms with Crippen LogP contribution in [0.25, 0.3) is 0 Å². The van der Waals surface area contributed by atoms with E-state index in [1.54, 1.807) is 18.2 Å². The summed E-state index contributed by atoms with van der Waals surface area (Å²) >= 11 is 0. The Morgan fingerprint density at radius 3 is 2.67 bits per heavy atom. The zero-order chi connectivity index (χ0) is 17.6. The largest absolute Gasteiger partial charge is 0.476 e. The van der Waals surface area contributed by atoms with E-state index in [4.69, 9.17) is 10.00 Å². The monoisotopic (exact) mass is 335 g/mol. The molecule has 2 aromatic rings. The molecule has 0 saturated heterocycles. The summed E-state index contributed by atoms with van der Waals surface area (Å²) in [7, 11) is 0. The molecule has 1 N–H and O–H groups in total. The van der Waals surface area contributed by atoms with Crippen LogP contribution in [0.15, 0.2) is 42.6 Å². The average Bonchev–Trinajstić information content (AvgIpc) is 2.58. The molecule has 0 fully saturated rings. The number of ether oxygens (including phenoxy) is 1. The quantitative estimate of drug-likeness (QED) is 0.850. The number of nitrogens with zero attached hydrogens (tertiary/aromatic N) is 2. The molecule has 0 aliphatic carbocycles. The van der Waals surface area contributed by atoms with E-state index in [0.29, 0.717) is 24.5 Å². The minimum Gasteiger partial charge on any atom is -0.476 e. The number of hydrogen-bond acceptors (Lipinski definition) is 4. The summed E-state index contributed by atoms with van der Waals surface area (Å²) in [6, 6.07) is 11.5. The molecule has 0 radical (unpaired) electrons. The molecule has 1 aromatic carbocycles. The molecule has 1 atom stereocenters. The van der Waals surface area contributed by atoms with Gasteiger partial charge in [0.15, 0.2) is 6.10 Å². The fraction of sp³-hybridized carbons (Fsp3) is 0.294. The summed E-state index contributed by atoms with van der Waals surface area (Å²) in [5, 5.41) is 11.9. The van der Waals surface area contributed by atoms with Crippen LogP contribution in [-0.2, 0) is 12.7 Å². The van der Waals surface area contributed by atoms with Crippen molar-refractivity contribution in [1.82, 2.24) is 4.98 Å². The number of nitrogens with one attached hydrogen (secondary N) is 1. The average molecular weight is 335 g/mol. The lowest BCUT2D eigenvalue weighted by atomic mass is 10.2. The van der Waals surface area contributed by atoms with Crippen LogP contribution in [0.1, 0.15) is 24.5 Å². The molecular weight excluding hydrogens is 319 g/mol. The number of alkyl halides is 3. The summed E-state index contributed by atoms with van der Waals surface area (Å²) < 4.78 is 43.0. The Kier molecular flexibility index (Phi) is 5.64. The topological polar surface area (TPSA) is 57.9 Å². The maximum Gasteiger partial charge on any atom is 0.417 e. The Hall–Kier alpha value is -2.75. The lowest BCUT2D eigenvalue weighted by Crippen LogP contribution is -2.12. The van der Waals surface area contributed by atoms with Crippen LogP contribution in [0.3, 0.4) is 0 Å². The van der Waals surface area contributed by atoms with Crippen LogP contribution in [-0.4, -0.2) is 11.1 Å². The third kappa shape index (κ3) is 4.88. The van der Waals surface area contributed by atoms with Crippen molar-refractivity contribution < 1.29 is 17.9 Å². The van der Waals surface area contributed by atoms with Gasteiger partial charge in [-0.1, -0.05) is 19.1 Å². The van der Waals surface area contributed by atoms with Gasteiger partial charge in [-0.3, -0.25) is 0 Å². The Bertz CT molecular complexity index is 708. The zero-order valence-electron chi connectivity index (χ0n) is 13.0. The van der Waals surface area contributed by atoms with Gasteiger partial charge in [0, 0.05) is 12.7 Å². The Labute approximate surface area is 137 Å². The van der Waals surface area contributed by atoms with Gasteiger partial charge in [0.2, 0.25) is 0 Å². The first kappa shape index (κ1) is 17.6. The van der Waals surface area contributed by atoms with Crippen molar-refractivity contribution in [2.24, 2.45) is 0 Å². The molecule has 0 aliphatic heterocycles. The van der Waals surface area contributed by atoms with Gasteiger partial charge in [-0.15, -0.1) is 0 Å². The van der Waals surface area contributed by atoms with E-state index < -0.39 is 17.8 Å². The summed E-state index contributed by atoms with van der Waals surface area (Å²) in [6.45, 7) is 2.23. The summed E-state index contributed by atoms with van der Waals surface area (Å²) in [6.07, 6.45) is -3.53. The van der Waals surface area contributed by atoms with E-state index in [-0.39, 0.29) is 0 Å². The third-order valence-electron chi connectivity index (χ3n) is 3.26. The Balaban J connectivity index is 1.98. The van der Waals surface area contributed by atoms with Crippen LogP contribution >= 0.6 is 0 Å². The standard InChI is InChI=1S/C17H16F3N3O/c1-2-14(9-21)24-15-5-3-4-12(8-15)10-22-16-7-6-13(11-23-16)17(18,19)20/h3-8,11,14H,2,10H2,1H3,(H,22,23). The second-order valence-electron chi connectivity index (χ2n) is 5.07. The van der Waals surface area contributed by atoms with Gasteiger partial charge in [0.1, 0.15) is 17.6 Å². The fourth-order valence-corrected chi connectivity index (χ4v) is 1.95. The number of pyridine rings is 1. The van der Waals surface area contributed by atoms with E-state index in [0.717, 1.165) is 17.8 Å². The first-order valence-electron chi connectivity index (χ1n) is 7.34. The smallest absolute Gasteiger partial charge is 0.417 e. The Morgan fingerprint density at radius 1 is 1.29 bits per heavy atom. The van der Waals surface area contributed by atoms with Crippen LogP contribution < -0.4 is 10.1 Å². The van der Waals surface area contributed by atoms with Gasteiger partial charge >= 0.3 is 6.18 Å². The van der Waals surface area contributed by atoms with Crippen molar-refractivity contribution in [2.45, 2.75) is 32.2 Å². The van der Waals surface area contributed by atoms with Crippen molar-refractivity contribution >= 4 is 5.82 Å². The molecule has 1 heterocycles. The number of halogens is 3. The number of rotatable bonds is 6. The normalized spacial score (nSPS) is 12.3. The highest BCUT2D eigenvalue weighted by atomic mass is 19.4. The summed E-state index contributed by atoms with van der Waals surface area (Å²) in [5.41, 5.74) is 0.0764. The fourth-order valence-electron chi connectivity index (χ4n) is 1.95. The van der Waals surface area contributed by atoms with Crippen molar-refractivity contribution in [1.29, 1.82) is 5.26 Å².